The molecule has 1 unspecified atom stereocenters. The topological polar surface area (TPSA) is 42.7 Å². The van der Waals surface area contributed by atoms with E-state index < -0.39 is 0 Å². The molecule has 4 nitrogen and oxygen atoms in total. The van der Waals surface area contributed by atoms with Crippen molar-refractivity contribution in [3.8, 4) is 0 Å². The molecule has 0 aliphatic carbocycles. The lowest BCUT2D eigenvalue weighted by atomic mass is 10.1. The molecule has 0 aromatic carbocycles. The Bertz CT molecular complexity index is 504. The third kappa shape index (κ3) is 2.74. The van der Waals surface area contributed by atoms with E-state index in [0.29, 0.717) is 5.02 Å². The van der Waals surface area contributed by atoms with Crippen molar-refractivity contribution < 1.29 is 0 Å². The van der Waals surface area contributed by atoms with Crippen LogP contribution in [0.15, 0.2) is 29.0 Å². The van der Waals surface area contributed by atoms with Gasteiger partial charge in [-0.1, -0.05) is 18.5 Å². The SMILES string of the molecule is CCNC(c1ccc(Br)cn1)c1c(Cl)cnn1C. The molecule has 2 heterocycles. The van der Waals surface area contributed by atoms with Gasteiger partial charge in [0, 0.05) is 17.7 Å². The highest BCUT2D eigenvalue weighted by Gasteiger charge is 2.21. The van der Waals surface area contributed by atoms with E-state index in [1.165, 1.54) is 0 Å². The number of nitrogens with zero attached hydrogens (tertiary/aromatic N) is 3. The van der Waals surface area contributed by atoms with Crippen LogP contribution < -0.4 is 5.32 Å². The van der Waals surface area contributed by atoms with Gasteiger partial charge in [0.15, 0.2) is 0 Å². The first-order valence-corrected chi connectivity index (χ1v) is 6.82. The smallest absolute Gasteiger partial charge is 0.0936 e. The molecule has 0 saturated carbocycles. The van der Waals surface area contributed by atoms with Crippen molar-refractivity contribution in [1.29, 1.82) is 0 Å². The maximum atomic E-state index is 6.20. The fourth-order valence-corrected chi connectivity index (χ4v) is 2.36. The van der Waals surface area contributed by atoms with Gasteiger partial charge in [0.05, 0.1) is 28.6 Å². The van der Waals surface area contributed by atoms with Gasteiger partial charge in [-0.2, -0.15) is 5.10 Å². The molecule has 6 heteroatoms. The summed E-state index contributed by atoms with van der Waals surface area (Å²) in [4.78, 5) is 4.43. The maximum Gasteiger partial charge on any atom is 0.0936 e. The van der Waals surface area contributed by atoms with Crippen molar-refractivity contribution >= 4 is 27.5 Å². The molecule has 2 rings (SSSR count). The van der Waals surface area contributed by atoms with Gasteiger partial charge in [-0.15, -0.1) is 0 Å². The highest BCUT2D eigenvalue weighted by atomic mass is 79.9. The molecule has 1 N–H and O–H groups in total. The lowest BCUT2D eigenvalue weighted by Crippen LogP contribution is -2.25. The van der Waals surface area contributed by atoms with Crippen molar-refractivity contribution in [3.05, 3.63) is 45.4 Å². The molecule has 0 radical (unpaired) electrons. The highest BCUT2D eigenvalue weighted by molar-refractivity contribution is 9.10. The van der Waals surface area contributed by atoms with Crippen molar-refractivity contribution in [3.63, 3.8) is 0 Å². The predicted molar refractivity (Wildman–Crippen MR) is 75.7 cm³/mol. The van der Waals surface area contributed by atoms with Crippen molar-refractivity contribution in [1.82, 2.24) is 20.1 Å². The molecular formula is C12H14BrClN4. The average molecular weight is 330 g/mol. The van der Waals surface area contributed by atoms with Crippen LogP contribution in [0.2, 0.25) is 5.02 Å². The lowest BCUT2D eigenvalue weighted by molar-refractivity contribution is 0.562. The molecule has 0 fully saturated rings. The van der Waals surface area contributed by atoms with Gasteiger partial charge in [-0.25, -0.2) is 0 Å². The Morgan fingerprint density at radius 1 is 1.44 bits per heavy atom. The fraction of sp³-hybridized carbons (Fsp3) is 0.333. The summed E-state index contributed by atoms with van der Waals surface area (Å²) in [5.74, 6) is 0. The third-order valence-electron chi connectivity index (χ3n) is 2.67. The van der Waals surface area contributed by atoms with E-state index in [-0.39, 0.29) is 6.04 Å². The molecule has 0 bridgehead atoms. The minimum Gasteiger partial charge on any atom is -0.304 e. The normalized spacial score (nSPS) is 12.7. The molecule has 0 amide bonds. The molecule has 1 atom stereocenters. The van der Waals surface area contributed by atoms with Crippen LogP contribution in [0.1, 0.15) is 24.4 Å². The second-order valence-corrected chi connectivity index (χ2v) is 5.22. The molecule has 0 spiro atoms. The van der Waals surface area contributed by atoms with Gasteiger partial charge in [-0.3, -0.25) is 9.67 Å². The molecule has 2 aromatic heterocycles. The van der Waals surface area contributed by atoms with Crippen LogP contribution in [0.5, 0.6) is 0 Å². The summed E-state index contributed by atoms with van der Waals surface area (Å²) in [6, 6.07) is 3.89. The second-order valence-electron chi connectivity index (χ2n) is 3.89. The molecular weight excluding hydrogens is 316 g/mol. The Balaban J connectivity index is 2.43. The second kappa shape index (κ2) is 5.82. The van der Waals surface area contributed by atoms with Crippen LogP contribution >= 0.6 is 27.5 Å². The number of aryl methyl sites for hydroxylation is 1. The number of hydrogen-bond acceptors (Lipinski definition) is 3. The van der Waals surface area contributed by atoms with E-state index in [9.17, 15) is 0 Å². The summed E-state index contributed by atoms with van der Waals surface area (Å²) in [6.07, 6.45) is 3.43. The zero-order chi connectivity index (χ0) is 13.1. The van der Waals surface area contributed by atoms with Crippen molar-refractivity contribution in [2.24, 2.45) is 7.05 Å². The van der Waals surface area contributed by atoms with E-state index in [1.807, 2.05) is 19.2 Å². The van der Waals surface area contributed by atoms with E-state index in [4.69, 9.17) is 11.6 Å². The number of nitrogens with one attached hydrogen (secondary N) is 1. The summed E-state index contributed by atoms with van der Waals surface area (Å²) in [5.41, 5.74) is 1.85. The van der Waals surface area contributed by atoms with Gasteiger partial charge < -0.3 is 5.32 Å². The first-order chi connectivity index (χ1) is 8.63. The largest absolute Gasteiger partial charge is 0.304 e. The van der Waals surface area contributed by atoms with Crippen molar-refractivity contribution in [2.45, 2.75) is 13.0 Å². The van der Waals surface area contributed by atoms with E-state index >= 15 is 0 Å². The number of halogens is 2. The molecule has 96 valence electrons. The highest BCUT2D eigenvalue weighted by Crippen LogP contribution is 2.27. The standard InChI is InChI=1S/C12H14BrClN4/c1-3-15-11(10-5-4-8(13)6-16-10)12-9(14)7-17-18(12)2/h4-7,11,15H,3H2,1-2H3. The van der Waals surface area contributed by atoms with E-state index in [1.54, 1.807) is 17.1 Å². The number of rotatable bonds is 4. The van der Waals surface area contributed by atoms with Gasteiger partial charge in [-0.05, 0) is 34.6 Å². The minimum atomic E-state index is -0.0527. The molecule has 0 saturated heterocycles. The quantitative estimate of drug-likeness (QED) is 0.938. The van der Waals surface area contributed by atoms with E-state index in [2.05, 4.69) is 38.3 Å². The fourth-order valence-electron chi connectivity index (χ4n) is 1.85. The van der Waals surface area contributed by atoms with E-state index in [0.717, 1.165) is 22.4 Å². The summed E-state index contributed by atoms with van der Waals surface area (Å²) in [5, 5.41) is 8.20. The van der Waals surface area contributed by atoms with Crippen LogP contribution in [0, 0.1) is 0 Å². The lowest BCUT2D eigenvalue weighted by Gasteiger charge is -2.18. The maximum absolute atomic E-state index is 6.20. The van der Waals surface area contributed by atoms with Crippen LogP contribution in [-0.2, 0) is 7.05 Å². The van der Waals surface area contributed by atoms with Crippen LogP contribution in [0.3, 0.4) is 0 Å². The zero-order valence-corrected chi connectivity index (χ0v) is 12.5. The molecule has 0 aliphatic rings. The first kappa shape index (κ1) is 13.5. The molecule has 0 aliphatic heterocycles. The van der Waals surface area contributed by atoms with Gasteiger partial charge >= 0.3 is 0 Å². The summed E-state index contributed by atoms with van der Waals surface area (Å²) >= 11 is 9.58. The van der Waals surface area contributed by atoms with Crippen LogP contribution in [0.4, 0.5) is 0 Å². The Morgan fingerprint density at radius 3 is 2.72 bits per heavy atom. The molecule has 18 heavy (non-hydrogen) atoms. The Kier molecular flexibility index (Phi) is 4.37. The van der Waals surface area contributed by atoms with Gasteiger partial charge in [0.1, 0.15) is 0 Å². The van der Waals surface area contributed by atoms with Crippen LogP contribution in [0.25, 0.3) is 0 Å². The molecule has 2 aromatic rings. The Labute approximate surface area is 119 Å². The predicted octanol–water partition coefficient (Wildman–Crippen LogP) is 2.93. The monoisotopic (exact) mass is 328 g/mol. The number of hydrogen-bond donors (Lipinski definition) is 1. The summed E-state index contributed by atoms with van der Waals surface area (Å²) in [6.45, 7) is 2.88. The summed E-state index contributed by atoms with van der Waals surface area (Å²) in [7, 11) is 1.88. The Morgan fingerprint density at radius 2 is 2.22 bits per heavy atom. The minimum absolute atomic E-state index is 0.0527. The first-order valence-electron chi connectivity index (χ1n) is 5.65. The third-order valence-corrected chi connectivity index (χ3v) is 3.43. The Hall–Kier alpha value is -0.910. The van der Waals surface area contributed by atoms with Crippen LogP contribution in [-0.4, -0.2) is 21.3 Å². The summed E-state index contributed by atoms with van der Waals surface area (Å²) < 4.78 is 2.73. The zero-order valence-electron chi connectivity index (χ0n) is 10.2. The van der Waals surface area contributed by atoms with Gasteiger partial charge in [0.25, 0.3) is 0 Å². The van der Waals surface area contributed by atoms with Gasteiger partial charge in [0.2, 0.25) is 0 Å². The number of aromatic nitrogens is 3. The van der Waals surface area contributed by atoms with Crippen molar-refractivity contribution in [2.75, 3.05) is 6.54 Å². The average Bonchev–Trinajstić information content (AvgIpc) is 2.68. The number of pyridine rings is 1.